The average molecular weight is 404 g/mol. The highest BCUT2D eigenvalue weighted by atomic mass is 35.5. The number of carbonyl (C=O) groups excluding carboxylic acids is 2. The Labute approximate surface area is 170 Å². The van der Waals surface area contributed by atoms with E-state index in [2.05, 4.69) is 5.32 Å². The topological polar surface area (TPSA) is 65.8 Å². The minimum atomic E-state index is -0.199. The van der Waals surface area contributed by atoms with Gasteiger partial charge in [-0.05, 0) is 56.5 Å². The van der Waals surface area contributed by atoms with Crippen molar-refractivity contribution in [1.82, 2.24) is 9.80 Å². The van der Waals surface area contributed by atoms with E-state index in [-0.39, 0.29) is 18.0 Å². The Morgan fingerprint density at radius 2 is 1.93 bits per heavy atom. The van der Waals surface area contributed by atoms with Gasteiger partial charge >= 0.3 is 6.03 Å². The maximum atomic E-state index is 13.1. The molecule has 0 spiro atoms. The quantitative estimate of drug-likeness (QED) is 0.811. The van der Waals surface area contributed by atoms with E-state index in [9.17, 15) is 9.59 Å². The lowest BCUT2D eigenvalue weighted by Crippen LogP contribution is -2.49. The van der Waals surface area contributed by atoms with Gasteiger partial charge in [0.1, 0.15) is 11.5 Å². The number of piperidine rings is 1. The molecule has 0 atom stereocenters. The number of anilines is 1. The van der Waals surface area contributed by atoms with E-state index in [0.717, 1.165) is 29.9 Å². The predicted molar refractivity (Wildman–Crippen MR) is 109 cm³/mol. The van der Waals surface area contributed by atoms with Gasteiger partial charge in [-0.3, -0.25) is 4.79 Å². The van der Waals surface area contributed by atoms with E-state index in [4.69, 9.17) is 16.0 Å². The summed E-state index contributed by atoms with van der Waals surface area (Å²) < 4.78 is 5.69. The highest BCUT2D eigenvalue weighted by molar-refractivity contribution is 6.31. The summed E-state index contributed by atoms with van der Waals surface area (Å²) in [6, 6.07) is 9.09. The molecule has 1 aromatic heterocycles. The van der Waals surface area contributed by atoms with E-state index in [1.165, 1.54) is 0 Å². The monoisotopic (exact) mass is 403 g/mol. The number of likely N-dealkylation sites (tertiary alicyclic amines) is 1. The number of hydrogen-bond acceptors (Lipinski definition) is 3. The summed E-state index contributed by atoms with van der Waals surface area (Å²) in [6.07, 6.45) is 1.47. The number of halogens is 1. The van der Waals surface area contributed by atoms with Crippen LogP contribution in [0.15, 0.2) is 34.7 Å². The molecule has 1 aliphatic heterocycles. The van der Waals surface area contributed by atoms with Crippen molar-refractivity contribution >= 4 is 29.2 Å². The molecule has 1 N–H and O–H groups in total. The van der Waals surface area contributed by atoms with Gasteiger partial charge in [-0.15, -0.1) is 0 Å². The van der Waals surface area contributed by atoms with E-state index in [1.54, 1.807) is 17.9 Å². The van der Waals surface area contributed by atoms with Gasteiger partial charge in [0.05, 0.1) is 6.54 Å². The van der Waals surface area contributed by atoms with Crippen LogP contribution >= 0.6 is 11.6 Å². The molecule has 1 aromatic carbocycles. The lowest BCUT2D eigenvalue weighted by atomic mass is 10.0. The molecule has 0 bridgehead atoms. The number of benzene rings is 1. The zero-order valence-electron chi connectivity index (χ0n) is 16.5. The van der Waals surface area contributed by atoms with Gasteiger partial charge in [0.2, 0.25) is 5.91 Å². The first-order chi connectivity index (χ1) is 13.3. The first kappa shape index (κ1) is 20.3. The summed E-state index contributed by atoms with van der Waals surface area (Å²) in [5.41, 5.74) is 1.61. The number of urea groups is 1. The van der Waals surface area contributed by atoms with Crippen LogP contribution in [0.4, 0.5) is 10.5 Å². The number of amides is 3. The number of rotatable bonds is 4. The molecule has 0 radical (unpaired) electrons. The van der Waals surface area contributed by atoms with Crippen molar-refractivity contribution in [3.8, 4) is 0 Å². The summed E-state index contributed by atoms with van der Waals surface area (Å²) in [7, 11) is 0. The first-order valence-corrected chi connectivity index (χ1v) is 9.86. The molecule has 0 saturated carbocycles. The van der Waals surface area contributed by atoms with Crippen molar-refractivity contribution in [3.63, 3.8) is 0 Å². The fourth-order valence-electron chi connectivity index (χ4n) is 3.46. The molecular weight excluding hydrogens is 378 g/mol. The molecule has 150 valence electrons. The predicted octanol–water partition coefficient (Wildman–Crippen LogP) is 4.59. The highest BCUT2D eigenvalue weighted by Gasteiger charge is 2.29. The van der Waals surface area contributed by atoms with Gasteiger partial charge in [0, 0.05) is 36.8 Å². The molecule has 1 fully saturated rings. The molecule has 3 rings (SSSR count). The largest absolute Gasteiger partial charge is 0.464 e. The molecule has 6 nitrogen and oxygen atoms in total. The Morgan fingerprint density at radius 3 is 2.50 bits per heavy atom. The molecule has 2 heterocycles. The van der Waals surface area contributed by atoms with Gasteiger partial charge in [0.15, 0.2) is 0 Å². The summed E-state index contributed by atoms with van der Waals surface area (Å²) in [4.78, 5) is 28.3. The molecular formula is C21H26ClN3O3. The lowest BCUT2D eigenvalue weighted by molar-refractivity contribution is -0.130. The van der Waals surface area contributed by atoms with Gasteiger partial charge in [-0.25, -0.2) is 4.79 Å². The lowest BCUT2D eigenvalue weighted by Gasteiger charge is -2.38. The Hall–Kier alpha value is -2.47. The van der Waals surface area contributed by atoms with Gasteiger partial charge < -0.3 is 19.5 Å². The van der Waals surface area contributed by atoms with Crippen LogP contribution in [0, 0.1) is 13.8 Å². The average Bonchev–Trinajstić information content (AvgIpc) is 3.08. The number of furan rings is 1. The molecule has 7 heteroatoms. The first-order valence-electron chi connectivity index (χ1n) is 9.48. The zero-order chi connectivity index (χ0) is 20.3. The molecule has 0 unspecified atom stereocenters. The smallest absolute Gasteiger partial charge is 0.322 e. The van der Waals surface area contributed by atoms with Crippen molar-refractivity contribution in [2.75, 3.05) is 18.4 Å². The SMILES string of the molecule is CC(=O)N1CCC(N(Cc2ccc(C)o2)C(=O)Nc2ccc(C)c(Cl)c2)CC1. The maximum Gasteiger partial charge on any atom is 0.322 e. The second-order valence-corrected chi connectivity index (χ2v) is 7.68. The van der Waals surface area contributed by atoms with E-state index in [0.29, 0.717) is 30.3 Å². The Kier molecular flexibility index (Phi) is 6.29. The standard InChI is InChI=1S/C21H26ClN3O3/c1-14-4-6-17(12-20(14)22)23-21(27)25(13-19-7-5-15(2)28-19)18-8-10-24(11-9-18)16(3)26/h4-7,12,18H,8-11,13H2,1-3H3,(H,23,27). The minimum absolute atomic E-state index is 0.0296. The molecule has 0 aliphatic carbocycles. The number of nitrogens with one attached hydrogen (secondary N) is 1. The van der Waals surface area contributed by atoms with Crippen molar-refractivity contribution in [1.29, 1.82) is 0 Å². The summed E-state index contributed by atoms with van der Waals surface area (Å²) in [6.45, 7) is 7.06. The van der Waals surface area contributed by atoms with Crippen LogP contribution in [-0.4, -0.2) is 40.9 Å². The fraction of sp³-hybridized carbons (Fsp3) is 0.429. The third-order valence-electron chi connectivity index (χ3n) is 5.16. The van der Waals surface area contributed by atoms with Crippen LogP contribution in [-0.2, 0) is 11.3 Å². The van der Waals surface area contributed by atoms with Gasteiger partial charge in [-0.1, -0.05) is 17.7 Å². The van der Waals surface area contributed by atoms with E-state index >= 15 is 0 Å². The molecule has 3 amide bonds. The maximum absolute atomic E-state index is 13.1. The summed E-state index contributed by atoms with van der Waals surface area (Å²) in [5, 5.41) is 3.56. The molecule has 2 aromatic rings. The highest BCUT2D eigenvalue weighted by Crippen LogP contribution is 2.24. The van der Waals surface area contributed by atoms with Crippen molar-refractivity contribution in [2.24, 2.45) is 0 Å². The van der Waals surface area contributed by atoms with Crippen molar-refractivity contribution in [3.05, 3.63) is 52.4 Å². The molecule has 1 aliphatic rings. The Balaban J connectivity index is 1.75. The fourth-order valence-corrected chi connectivity index (χ4v) is 3.64. The number of hydrogen-bond donors (Lipinski definition) is 1. The van der Waals surface area contributed by atoms with E-state index < -0.39 is 0 Å². The molecule has 1 saturated heterocycles. The van der Waals surface area contributed by atoms with Crippen LogP contribution in [0.25, 0.3) is 0 Å². The van der Waals surface area contributed by atoms with Crippen LogP contribution in [0.3, 0.4) is 0 Å². The zero-order valence-corrected chi connectivity index (χ0v) is 17.3. The second kappa shape index (κ2) is 8.69. The van der Waals surface area contributed by atoms with Crippen molar-refractivity contribution in [2.45, 2.75) is 46.2 Å². The summed E-state index contributed by atoms with van der Waals surface area (Å²) >= 11 is 6.19. The van der Waals surface area contributed by atoms with Gasteiger partial charge in [-0.2, -0.15) is 0 Å². The van der Waals surface area contributed by atoms with Crippen molar-refractivity contribution < 1.29 is 14.0 Å². The van der Waals surface area contributed by atoms with E-state index in [1.807, 2.05) is 43.0 Å². The Bertz CT molecular complexity index is 856. The summed E-state index contributed by atoms with van der Waals surface area (Å²) in [5.74, 6) is 1.63. The number of aryl methyl sites for hydroxylation is 2. The number of nitrogens with zero attached hydrogens (tertiary/aromatic N) is 2. The van der Waals surface area contributed by atoms with Gasteiger partial charge in [0.25, 0.3) is 0 Å². The van der Waals surface area contributed by atoms with Crippen LogP contribution in [0.1, 0.15) is 36.8 Å². The number of carbonyl (C=O) groups is 2. The van der Waals surface area contributed by atoms with Crippen LogP contribution < -0.4 is 5.32 Å². The van der Waals surface area contributed by atoms with Crippen LogP contribution in [0.2, 0.25) is 5.02 Å². The normalized spacial score (nSPS) is 14.8. The second-order valence-electron chi connectivity index (χ2n) is 7.27. The van der Waals surface area contributed by atoms with Crippen LogP contribution in [0.5, 0.6) is 0 Å². The third kappa shape index (κ3) is 4.87. The Morgan fingerprint density at radius 1 is 1.21 bits per heavy atom. The minimum Gasteiger partial charge on any atom is -0.464 e. The molecule has 28 heavy (non-hydrogen) atoms. The third-order valence-corrected chi connectivity index (χ3v) is 5.56.